The van der Waals surface area contributed by atoms with Crippen molar-refractivity contribution in [2.75, 3.05) is 6.54 Å². The average molecular weight is 233 g/mol. The monoisotopic (exact) mass is 233 g/mol. The van der Waals surface area contributed by atoms with Crippen molar-refractivity contribution in [2.24, 2.45) is 0 Å². The van der Waals surface area contributed by atoms with Gasteiger partial charge in [-0.15, -0.1) is 0 Å². The summed E-state index contributed by atoms with van der Waals surface area (Å²) in [7, 11) is 0. The van der Waals surface area contributed by atoms with Gasteiger partial charge in [0.05, 0.1) is 6.54 Å². The number of rotatable bonds is 3. The molecule has 1 heterocycles. The molecule has 92 valence electrons. The highest BCUT2D eigenvalue weighted by Crippen LogP contribution is 2.35. The predicted octanol–water partition coefficient (Wildman–Crippen LogP) is 1.66. The summed E-state index contributed by atoms with van der Waals surface area (Å²) in [6.07, 6.45) is 5.40. The summed E-state index contributed by atoms with van der Waals surface area (Å²) in [5.41, 5.74) is 10.3. The van der Waals surface area contributed by atoms with Crippen LogP contribution in [-0.4, -0.2) is 12.8 Å². The van der Waals surface area contributed by atoms with Crippen molar-refractivity contribution >= 4 is 0 Å². The van der Waals surface area contributed by atoms with Crippen LogP contribution in [0.25, 0.3) is 0 Å². The third-order valence-corrected chi connectivity index (χ3v) is 3.57. The lowest BCUT2D eigenvalue weighted by atomic mass is 9.98. The van der Waals surface area contributed by atoms with Gasteiger partial charge in [0, 0.05) is 0 Å². The molecule has 1 saturated carbocycles. The van der Waals surface area contributed by atoms with Gasteiger partial charge in [-0.1, -0.05) is 25.0 Å². The molecule has 0 radical (unpaired) electrons. The summed E-state index contributed by atoms with van der Waals surface area (Å²) < 4.78 is 5.84. The Morgan fingerprint density at radius 3 is 2.82 bits per heavy atom. The van der Waals surface area contributed by atoms with E-state index in [0.717, 1.165) is 18.2 Å². The SMILES string of the molecule is c1cc(OC2CNNN2)cc(C2CCCC2)c1. The van der Waals surface area contributed by atoms with E-state index >= 15 is 0 Å². The molecule has 1 atom stereocenters. The Balaban J connectivity index is 1.69. The Bertz CT molecular complexity index is 371. The Labute approximate surface area is 102 Å². The highest BCUT2D eigenvalue weighted by molar-refractivity contribution is 5.31. The van der Waals surface area contributed by atoms with Crippen LogP contribution in [0.1, 0.15) is 37.2 Å². The fourth-order valence-corrected chi connectivity index (χ4v) is 2.66. The highest BCUT2D eigenvalue weighted by Gasteiger charge is 2.18. The van der Waals surface area contributed by atoms with Crippen LogP contribution in [-0.2, 0) is 0 Å². The van der Waals surface area contributed by atoms with Gasteiger partial charge in [-0.25, -0.2) is 10.9 Å². The van der Waals surface area contributed by atoms with Crippen LogP contribution < -0.4 is 21.1 Å². The molecule has 1 unspecified atom stereocenters. The van der Waals surface area contributed by atoms with E-state index in [2.05, 4.69) is 34.6 Å². The molecule has 3 N–H and O–H groups in total. The lowest BCUT2D eigenvalue weighted by molar-refractivity contribution is 0.191. The van der Waals surface area contributed by atoms with Gasteiger partial charge in [0.2, 0.25) is 0 Å². The standard InChI is InChI=1S/C13H19N3O/c1-2-5-10(4-1)11-6-3-7-12(8-11)17-13-9-14-16-15-13/h3,6-8,10,13-16H,1-2,4-5,9H2. The molecule has 2 fully saturated rings. The topological polar surface area (TPSA) is 45.3 Å². The van der Waals surface area contributed by atoms with E-state index in [1.807, 2.05) is 6.07 Å². The molecule has 1 aromatic carbocycles. The fraction of sp³-hybridized carbons (Fsp3) is 0.538. The van der Waals surface area contributed by atoms with Crippen molar-refractivity contribution in [1.82, 2.24) is 16.4 Å². The molecule has 0 amide bonds. The number of ether oxygens (including phenoxy) is 1. The molecule has 4 heteroatoms. The maximum atomic E-state index is 5.84. The zero-order chi connectivity index (χ0) is 11.5. The number of hydrogen-bond acceptors (Lipinski definition) is 4. The molecule has 2 aliphatic rings. The van der Waals surface area contributed by atoms with E-state index in [-0.39, 0.29) is 6.23 Å². The summed E-state index contributed by atoms with van der Waals surface area (Å²) in [6.45, 7) is 0.771. The van der Waals surface area contributed by atoms with Crippen LogP contribution in [0.5, 0.6) is 5.75 Å². The van der Waals surface area contributed by atoms with Crippen LogP contribution in [0.15, 0.2) is 24.3 Å². The van der Waals surface area contributed by atoms with Gasteiger partial charge < -0.3 is 4.74 Å². The van der Waals surface area contributed by atoms with Crippen LogP contribution in [0, 0.1) is 0 Å². The number of benzene rings is 1. The van der Waals surface area contributed by atoms with Crippen LogP contribution in [0.2, 0.25) is 0 Å². The van der Waals surface area contributed by atoms with E-state index in [4.69, 9.17) is 4.74 Å². The van der Waals surface area contributed by atoms with Gasteiger partial charge in [-0.3, -0.25) is 0 Å². The van der Waals surface area contributed by atoms with Gasteiger partial charge in [-0.2, -0.15) is 5.53 Å². The van der Waals surface area contributed by atoms with E-state index in [0.29, 0.717) is 0 Å². The molecule has 17 heavy (non-hydrogen) atoms. The maximum Gasteiger partial charge on any atom is 0.177 e. The Morgan fingerprint density at radius 2 is 2.06 bits per heavy atom. The van der Waals surface area contributed by atoms with E-state index in [1.165, 1.54) is 31.2 Å². The van der Waals surface area contributed by atoms with Crippen molar-refractivity contribution < 1.29 is 4.74 Å². The third-order valence-electron chi connectivity index (χ3n) is 3.57. The van der Waals surface area contributed by atoms with E-state index < -0.39 is 0 Å². The smallest absolute Gasteiger partial charge is 0.177 e. The molecule has 1 aliphatic carbocycles. The molecule has 4 nitrogen and oxygen atoms in total. The Kier molecular flexibility index (Phi) is 3.27. The van der Waals surface area contributed by atoms with Gasteiger partial charge in [0.1, 0.15) is 5.75 Å². The normalized spacial score (nSPS) is 25.3. The molecule has 1 saturated heterocycles. The first-order chi connectivity index (χ1) is 8.42. The van der Waals surface area contributed by atoms with E-state index in [1.54, 1.807) is 0 Å². The number of nitrogens with one attached hydrogen (secondary N) is 3. The first-order valence-corrected chi connectivity index (χ1v) is 6.42. The molecule has 1 aliphatic heterocycles. The van der Waals surface area contributed by atoms with Crippen LogP contribution in [0.4, 0.5) is 0 Å². The predicted molar refractivity (Wildman–Crippen MR) is 66.3 cm³/mol. The van der Waals surface area contributed by atoms with Gasteiger partial charge in [0.25, 0.3) is 0 Å². The quantitative estimate of drug-likeness (QED) is 0.743. The second-order valence-corrected chi connectivity index (χ2v) is 4.81. The average Bonchev–Trinajstić information content (AvgIpc) is 3.01. The third kappa shape index (κ3) is 2.60. The fourth-order valence-electron chi connectivity index (χ4n) is 2.66. The second-order valence-electron chi connectivity index (χ2n) is 4.81. The van der Waals surface area contributed by atoms with E-state index in [9.17, 15) is 0 Å². The van der Waals surface area contributed by atoms with Crippen LogP contribution >= 0.6 is 0 Å². The summed E-state index contributed by atoms with van der Waals surface area (Å²) in [6, 6.07) is 8.54. The second kappa shape index (κ2) is 5.04. The molecule has 0 bridgehead atoms. The Morgan fingerprint density at radius 1 is 1.18 bits per heavy atom. The molecular weight excluding hydrogens is 214 g/mol. The van der Waals surface area contributed by atoms with Crippen LogP contribution in [0.3, 0.4) is 0 Å². The minimum Gasteiger partial charge on any atom is -0.473 e. The maximum absolute atomic E-state index is 5.84. The van der Waals surface area contributed by atoms with Gasteiger partial charge in [-0.05, 0) is 36.5 Å². The lowest BCUT2D eigenvalue weighted by Gasteiger charge is -2.15. The molecule has 0 spiro atoms. The molecule has 1 aromatic rings. The first-order valence-electron chi connectivity index (χ1n) is 6.42. The molecule has 3 rings (SSSR count). The lowest BCUT2D eigenvalue weighted by Crippen LogP contribution is -2.36. The highest BCUT2D eigenvalue weighted by atomic mass is 16.5. The summed E-state index contributed by atoms with van der Waals surface area (Å²) >= 11 is 0. The van der Waals surface area contributed by atoms with Crippen molar-refractivity contribution in [3.63, 3.8) is 0 Å². The van der Waals surface area contributed by atoms with Crippen molar-refractivity contribution in [2.45, 2.75) is 37.8 Å². The van der Waals surface area contributed by atoms with Crippen molar-refractivity contribution in [3.05, 3.63) is 29.8 Å². The summed E-state index contributed by atoms with van der Waals surface area (Å²) in [5.74, 6) is 1.70. The van der Waals surface area contributed by atoms with Crippen molar-refractivity contribution in [3.8, 4) is 5.75 Å². The minimum atomic E-state index is 0.00817. The summed E-state index contributed by atoms with van der Waals surface area (Å²) in [5, 5.41) is 0. The molecular formula is C13H19N3O. The Hall–Kier alpha value is -1.10. The minimum absolute atomic E-state index is 0.00817. The zero-order valence-corrected chi connectivity index (χ0v) is 9.91. The largest absolute Gasteiger partial charge is 0.473 e. The zero-order valence-electron chi connectivity index (χ0n) is 9.91. The molecule has 0 aromatic heterocycles. The first kappa shape index (κ1) is 11.0. The number of hydrogen-bond donors (Lipinski definition) is 3. The van der Waals surface area contributed by atoms with Crippen molar-refractivity contribution in [1.29, 1.82) is 0 Å². The number of hydrazine groups is 2. The summed E-state index contributed by atoms with van der Waals surface area (Å²) in [4.78, 5) is 0. The van der Waals surface area contributed by atoms with Gasteiger partial charge in [0.15, 0.2) is 6.23 Å². The van der Waals surface area contributed by atoms with Gasteiger partial charge >= 0.3 is 0 Å².